The van der Waals surface area contributed by atoms with Gasteiger partial charge < -0.3 is 10.3 Å². The molecular formula is C13H8BrN5. The van der Waals surface area contributed by atoms with Gasteiger partial charge in [0.15, 0.2) is 0 Å². The lowest BCUT2D eigenvalue weighted by Gasteiger charge is -2.06. The maximum absolute atomic E-state index is 8.92. The minimum atomic E-state index is 0.236. The van der Waals surface area contributed by atoms with Gasteiger partial charge in [0.05, 0.1) is 5.56 Å². The summed E-state index contributed by atoms with van der Waals surface area (Å²) in [4.78, 5) is 8.19. The van der Waals surface area contributed by atoms with Crippen LogP contribution in [0.2, 0.25) is 0 Å². The summed E-state index contributed by atoms with van der Waals surface area (Å²) in [5.74, 6) is 0.236. The number of fused-ring (bicyclic) bond motifs is 1. The third-order valence-corrected chi connectivity index (χ3v) is 3.45. The van der Waals surface area contributed by atoms with Crippen molar-refractivity contribution in [2.75, 3.05) is 5.73 Å². The Bertz CT molecular complexity index is 816. The Morgan fingerprint density at radius 3 is 2.89 bits per heavy atom. The predicted molar refractivity (Wildman–Crippen MR) is 75.7 cm³/mol. The van der Waals surface area contributed by atoms with Crippen molar-refractivity contribution < 1.29 is 0 Å². The first-order valence-electron chi connectivity index (χ1n) is 5.48. The lowest BCUT2D eigenvalue weighted by atomic mass is 10.2. The van der Waals surface area contributed by atoms with Gasteiger partial charge in [0, 0.05) is 27.9 Å². The van der Waals surface area contributed by atoms with Gasteiger partial charge in [0.2, 0.25) is 5.95 Å². The third kappa shape index (κ3) is 1.94. The number of anilines is 1. The van der Waals surface area contributed by atoms with Crippen LogP contribution in [0, 0.1) is 11.3 Å². The fraction of sp³-hybridized carbons (Fsp3) is 0. The number of nitriles is 1. The second-order valence-electron chi connectivity index (χ2n) is 3.97. The fourth-order valence-corrected chi connectivity index (χ4v) is 2.34. The lowest BCUT2D eigenvalue weighted by Crippen LogP contribution is -1.98. The van der Waals surface area contributed by atoms with E-state index in [0.717, 1.165) is 21.2 Å². The quantitative estimate of drug-likeness (QED) is 0.749. The molecule has 0 aliphatic heterocycles. The second kappa shape index (κ2) is 4.37. The molecule has 3 rings (SSSR count). The second-order valence-corrected chi connectivity index (χ2v) is 4.82. The molecule has 0 aliphatic rings. The largest absolute Gasteiger partial charge is 0.368 e. The monoisotopic (exact) mass is 313 g/mol. The highest BCUT2D eigenvalue weighted by molar-refractivity contribution is 9.10. The van der Waals surface area contributed by atoms with E-state index in [0.29, 0.717) is 5.56 Å². The highest BCUT2D eigenvalue weighted by Crippen LogP contribution is 2.23. The van der Waals surface area contributed by atoms with Gasteiger partial charge in [0.25, 0.3) is 0 Å². The lowest BCUT2D eigenvalue weighted by molar-refractivity contribution is 1.08. The predicted octanol–water partition coefficient (Wildman–Crippen LogP) is 2.64. The van der Waals surface area contributed by atoms with Crippen molar-refractivity contribution in [3.8, 4) is 11.8 Å². The summed E-state index contributed by atoms with van der Waals surface area (Å²) in [6, 6.07) is 9.52. The molecule has 0 saturated heterocycles. The summed E-state index contributed by atoms with van der Waals surface area (Å²) >= 11 is 3.38. The molecule has 0 saturated carbocycles. The number of nitrogen functional groups attached to an aromatic ring is 1. The third-order valence-electron chi connectivity index (χ3n) is 2.80. The Morgan fingerprint density at radius 2 is 2.16 bits per heavy atom. The average molecular weight is 314 g/mol. The summed E-state index contributed by atoms with van der Waals surface area (Å²) in [5.41, 5.74) is 7.85. The number of hydrogen-bond donors (Lipinski definition) is 1. The number of halogens is 1. The van der Waals surface area contributed by atoms with E-state index in [1.54, 1.807) is 12.3 Å². The molecule has 0 radical (unpaired) electrons. The van der Waals surface area contributed by atoms with Crippen LogP contribution in [0.3, 0.4) is 0 Å². The van der Waals surface area contributed by atoms with Crippen LogP contribution in [0.5, 0.6) is 0 Å². The van der Waals surface area contributed by atoms with Crippen molar-refractivity contribution >= 4 is 32.9 Å². The first-order valence-corrected chi connectivity index (χ1v) is 6.28. The average Bonchev–Trinajstić information content (AvgIpc) is 2.81. The molecule has 0 aliphatic carbocycles. The fourth-order valence-electron chi connectivity index (χ4n) is 1.88. The van der Waals surface area contributed by atoms with Crippen LogP contribution in [-0.2, 0) is 0 Å². The molecule has 0 spiro atoms. The van der Waals surface area contributed by atoms with Crippen LogP contribution < -0.4 is 5.73 Å². The van der Waals surface area contributed by atoms with E-state index in [1.807, 2.05) is 29.0 Å². The van der Waals surface area contributed by atoms with Gasteiger partial charge in [-0.1, -0.05) is 0 Å². The Kier molecular flexibility index (Phi) is 2.69. The number of benzene rings is 1. The van der Waals surface area contributed by atoms with E-state index < -0.39 is 0 Å². The van der Waals surface area contributed by atoms with Crippen LogP contribution in [-0.4, -0.2) is 14.5 Å². The SMILES string of the molecule is N#Cc1ccc(-n2ccc3cnc(N)nc32)cc1Br. The van der Waals surface area contributed by atoms with Crippen LogP contribution >= 0.6 is 15.9 Å². The van der Waals surface area contributed by atoms with Gasteiger partial charge in [-0.2, -0.15) is 10.2 Å². The zero-order valence-electron chi connectivity index (χ0n) is 9.71. The van der Waals surface area contributed by atoms with Crippen molar-refractivity contribution in [1.29, 1.82) is 5.26 Å². The maximum atomic E-state index is 8.92. The molecule has 92 valence electrons. The first kappa shape index (κ1) is 11.7. The Hall–Kier alpha value is -2.39. The van der Waals surface area contributed by atoms with Gasteiger partial charge in [-0.3, -0.25) is 0 Å². The number of aromatic nitrogens is 3. The van der Waals surface area contributed by atoms with Gasteiger partial charge in [-0.05, 0) is 40.2 Å². The molecule has 0 amide bonds. The molecule has 0 bridgehead atoms. The van der Waals surface area contributed by atoms with Crippen molar-refractivity contribution in [2.24, 2.45) is 0 Å². The van der Waals surface area contributed by atoms with Crippen molar-refractivity contribution in [1.82, 2.24) is 14.5 Å². The van der Waals surface area contributed by atoms with E-state index in [-0.39, 0.29) is 5.95 Å². The van der Waals surface area contributed by atoms with E-state index in [1.165, 1.54) is 0 Å². The molecule has 19 heavy (non-hydrogen) atoms. The topological polar surface area (TPSA) is 80.5 Å². The summed E-state index contributed by atoms with van der Waals surface area (Å²) in [6.07, 6.45) is 3.58. The zero-order valence-corrected chi connectivity index (χ0v) is 11.3. The van der Waals surface area contributed by atoms with Crippen molar-refractivity contribution in [3.05, 3.63) is 46.7 Å². The Balaban J connectivity index is 2.22. The van der Waals surface area contributed by atoms with Crippen LogP contribution in [0.1, 0.15) is 5.56 Å². The molecule has 0 fully saturated rings. The maximum Gasteiger partial charge on any atom is 0.221 e. The molecular weight excluding hydrogens is 306 g/mol. The van der Waals surface area contributed by atoms with E-state index >= 15 is 0 Å². The van der Waals surface area contributed by atoms with Crippen LogP contribution in [0.25, 0.3) is 16.7 Å². The molecule has 5 nitrogen and oxygen atoms in total. The van der Waals surface area contributed by atoms with E-state index in [4.69, 9.17) is 11.0 Å². The summed E-state index contributed by atoms with van der Waals surface area (Å²) in [5, 5.41) is 9.84. The highest BCUT2D eigenvalue weighted by Gasteiger charge is 2.07. The summed E-state index contributed by atoms with van der Waals surface area (Å²) in [6.45, 7) is 0. The van der Waals surface area contributed by atoms with Gasteiger partial charge >= 0.3 is 0 Å². The first-order chi connectivity index (χ1) is 9.19. The smallest absolute Gasteiger partial charge is 0.221 e. The summed E-state index contributed by atoms with van der Waals surface area (Å²) in [7, 11) is 0. The molecule has 1 aromatic carbocycles. The molecule has 2 heterocycles. The normalized spacial score (nSPS) is 10.5. The molecule has 0 unspecified atom stereocenters. The van der Waals surface area contributed by atoms with Crippen LogP contribution in [0.4, 0.5) is 5.95 Å². The Morgan fingerprint density at radius 1 is 1.32 bits per heavy atom. The van der Waals surface area contributed by atoms with E-state index in [2.05, 4.69) is 32.0 Å². The minimum Gasteiger partial charge on any atom is -0.368 e. The number of rotatable bonds is 1. The van der Waals surface area contributed by atoms with Gasteiger partial charge in [0.1, 0.15) is 11.7 Å². The van der Waals surface area contributed by atoms with Gasteiger partial charge in [-0.25, -0.2) is 4.98 Å². The number of hydrogen-bond acceptors (Lipinski definition) is 4. The van der Waals surface area contributed by atoms with Crippen molar-refractivity contribution in [3.63, 3.8) is 0 Å². The van der Waals surface area contributed by atoms with Gasteiger partial charge in [-0.15, -0.1) is 0 Å². The molecule has 2 N–H and O–H groups in total. The molecule has 3 aromatic rings. The molecule has 6 heteroatoms. The molecule has 0 atom stereocenters. The standard InChI is InChI=1S/C13H8BrN5/c14-11-5-10(2-1-8(11)6-15)19-4-3-9-7-17-13(16)18-12(9)19/h1-5,7H,(H2,16,17,18). The number of nitrogens with two attached hydrogens (primary N) is 1. The molecule has 2 aromatic heterocycles. The summed E-state index contributed by atoms with van der Waals surface area (Å²) < 4.78 is 2.65. The zero-order chi connectivity index (χ0) is 13.4. The Labute approximate surface area is 117 Å². The highest BCUT2D eigenvalue weighted by atomic mass is 79.9. The van der Waals surface area contributed by atoms with E-state index in [9.17, 15) is 0 Å². The number of nitrogens with zero attached hydrogens (tertiary/aromatic N) is 4. The minimum absolute atomic E-state index is 0.236. The van der Waals surface area contributed by atoms with Crippen molar-refractivity contribution in [2.45, 2.75) is 0 Å². The van der Waals surface area contributed by atoms with Crippen LogP contribution in [0.15, 0.2) is 41.1 Å².